The molecule has 1 aliphatic carbocycles. The molecule has 0 fully saturated rings. The van der Waals surface area contributed by atoms with Crippen LogP contribution in [0.3, 0.4) is 0 Å². The molecule has 0 saturated heterocycles. The molecule has 0 amide bonds. The third kappa shape index (κ3) is 11.5. The van der Waals surface area contributed by atoms with Crippen LogP contribution < -0.4 is 0 Å². The van der Waals surface area contributed by atoms with Crippen LogP contribution in [-0.2, 0) is 0 Å². The molecule has 84 valence electrons. The minimum atomic E-state index is 1.27. The molecule has 0 unspecified atom stereocenters. The van der Waals surface area contributed by atoms with E-state index in [0.29, 0.717) is 0 Å². The van der Waals surface area contributed by atoms with Gasteiger partial charge in [-0.3, -0.25) is 0 Å². The maximum atomic E-state index is 2.21. The molecule has 0 aromatic heterocycles. The van der Waals surface area contributed by atoms with E-state index < -0.39 is 0 Å². The quantitative estimate of drug-likeness (QED) is 0.519. The van der Waals surface area contributed by atoms with Crippen LogP contribution >= 0.6 is 0 Å². The predicted octanol–water partition coefficient (Wildman–Crippen LogP) is 5.51. The molecule has 0 bridgehead atoms. The summed E-state index contributed by atoms with van der Waals surface area (Å²) < 4.78 is 0. The Kier molecular flexibility index (Phi) is 14.2. The summed E-state index contributed by atoms with van der Waals surface area (Å²) in [6, 6.07) is 0. The van der Waals surface area contributed by atoms with Crippen molar-refractivity contribution in [1.82, 2.24) is 0 Å². The number of hydrogen-bond acceptors (Lipinski definition) is 0. The first-order chi connectivity index (χ1) is 6.70. The lowest BCUT2D eigenvalue weighted by atomic mass is 10.0. The Morgan fingerprint density at radius 1 is 0.857 bits per heavy atom. The molecule has 0 aliphatic heterocycles. The highest BCUT2D eigenvalue weighted by Gasteiger charge is 1.95. The van der Waals surface area contributed by atoms with Crippen molar-refractivity contribution < 1.29 is 0 Å². The maximum absolute atomic E-state index is 2.21. The highest BCUT2D eigenvalue weighted by Crippen LogP contribution is 2.15. The van der Waals surface area contributed by atoms with E-state index >= 15 is 0 Å². The fourth-order valence-electron chi connectivity index (χ4n) is 0.846. The van der Waals surface area contributed by atoms with Crippen molar-refractivity contribution in [3.8, 4) is 0 Å². The molecular weight excluding hydrogens is 168 g/mol. The summed E-state index contributed by atoms with van der Waals surface area (Å²) in [5.41, 5.74) is 3.02. The van der Waals surface area contributed by atoms with Crippen molar-refractivity contribution in [2.75, 3.05) is 0 Å². The molecule has 0 radical (unpaired) electrons. The van der Waals surface area contributed by atoms with Crippen molar-refractivity contribution >= 4 is 0 Å². The molecule has 0 aromatic rings. The molecule has 0 N–H and O–H groups in total. The Morgan fingerprint density at radius 2 is 1.14 bits per heavy atom. The lowest BCUT2D eigenvalue weighted by Gasteiger charge is -2.05. The first kappa shape index (κ1) is 15.9. The lowest BCUT2D eigenvalue weighted by molar-refractivity contribution is 0.886. The van der Waals surface area contributed by atoms with E-state index in [1.165, 1.54) is 36.8 Å². The second-order valence-corrected chi connectivity index (χ2v) is 3.53. The fourth-order valence-corrected chi connectivity index (χ4v) is 0.846. The zero-order valence-electron chi connectivity index (χ0n) is 11.0. The summed E-state index contributed by atoms with van der Waals surface area (Å²) in [7, 11) is 0. The Bertz CT molecular complexity index is 141. The van der Waals surface area contributed by atoms with E-state index in [1.807, 2.05) is 13.8 Å². The third-order valence-electron chi connectivity index (χ3n) is 2.07. The van der Waals surface area contributed by atoms with Crippen LogP contribution in [0.2, 0.25) is 0 Å². The first-order valence-electron chi connectivity index (χ1n) is 6.03. The number of hydrogen-bond donors (Lipinski definition) is 0. The Morgan fingerprint density at radius 3 is 1.29 bits per heavy atom. The summed E-state index contributed by atoms with van der Waals surface area (Å²) in [6.45, 7) is 12.7. The summed E-state index contributed by atoms with van der Waals surface area (Å²) >= 11 is 0. The topological polar surface area (TPSA) is 0 Å². The van der Waals surface area contributed by atoms with Crippen molar-refractivity contribution in [2.24, 2.45) is 0 Å². The highest BCUT2D eigenvalue weighted by atomic mass is 14.0. The summed E-state index contributed by atoms with van der Waals surface area (Å²) in [6.07, 6.45) is 9.59. The second-order valence-electron chi connectivity index (χ2n) is 3.53. The van der Waals surface area contributed by atoms with Crippen molar-refractivity contribution in [3.05, 3.63) is 23.3 Å². The fraction of sp³-hybridized carbons (Fsp3) is 0.714. The summed E-state index contributed by atoms with van der Waals surface area (Å²) in [4.78, 5) is 0. The van der Waals surface area contributed by atoms with Crippen molar-refractivity contribution in [2.45, 2.75) is 67.2 Å². The number of rotatable bonds is 1. The van der Waals surface area contributed by atoms with E-state index in [2.05, 4.69) is 39.8 Å². The van der Waals surface area contributed by atoms with Gasteiger partial charge < -0.3 is 0 Å². The van der Waals surface area contributed by atoms with Gasteiger partial charge in [-0.25, -0.2) is 0 Å². The van der Waals surface area contributed by atoms with E-state index in [9.17, 15) is 0 Å². The Hall–Kier alpha value is -0.520. The summed E-state index contributed by atoms with van der Waals surface area (Å²) in [5.74, 6) is 0. The van der Waals surface area contributed by atoms with Crippen molar-refractivity contribution in [1.29, 1.82) is 0 Å². The predicted molar refractivity (Wildman–Crippen MR) is 68.7 cm³/mol. The van der Waals surface area contributed by atoms with Gasteiger partial charge in [0.2, 0.25) is 0 Å². The van der Waals surface area contributed by atoms with E-state index in [0.717, 1.165) is 0 Å². The lowest BCUT2D eigenvalue weighted by Crippen LogP contribution is -1.85. The molecule has 14 heavy (non-hydrogen) atoms. The molecule has 0 nitrogen and oxygen atoms in total. The van der Waals surface area contributed by atoms with Gasteiger partial charge in [0.1, 0.15) is 0 Å². The first-order valence-corrected chi connectivity index (χ1v) is 6.03. The van der Waals surface area contributed by atoms with Gasteiger partial charge in [0.05, 0.1) is 0 Å². The van der Waals surface area contributed by atoms with Gasteiger partial charge in [-0.1, -0.05) is 63.8 Å². The molecule has 0 atom stereocenters. The van der Waals surface area contributed by atoms with Crippen LogP contribution in [0.4, 0.5) is 0 Å². The van der Waals surface area contributed by atoms with Gasteiger partial charge in [-0.15, -0.1) is 0 Å². The molecule has 0 aromatic carbocycles. The van der Waals surface area contributed by atoms with Crippen LogP contribution in [0.25, 0.3) is 0 Å². The molecule has 1 aliphatic rings. The minimum Gasteiger partial charge on any atom is -0.0730 e. The minimum absolute atomic E-state index is 1.27. The molecule has 0 spiro atoms. The largest absolute Gasteiger partial charge is 0.0730 e. The molecule has 0 heteroatoms. The Labute approximate surface area is 91.1 Å². The zero-order valence-corrected chi connectivity index (χ0v) is 11.0. The second kappa shape index (κ2) is 12.5. The molecule has 0 heterocycles. The van der Waals surface area contributed by atoms with Crippen LogP contribution in [0.1, 0.15) is 67.2 Å². The van der Waals surface area contributed by atoms with Gasteiger partial charge in [0.25, 0.3) is 0 Å². The van der Waals surface area contributed by atoms with Gasteiger partial charge in [-0.05, 0) is 26.7 Å². The normalized spacial score (nSPS) is 13.9. The highest BCUT2D eigenvalue weighted by molar-refractivity contribution is 5.20. The third-order valence-corrected chi connectivity index (χ3v) is 2.07. The standard InChI is InChI=1S/C8H12.C4H10.C2H6/c1-7-3-5-8(2)6-4-7;1-3-4-2;1-2/h3,5H,4,6H2,1-2H3;3-4H2,1-2H3;1-2H3. The van der Waals surface area contributed by atoms with Crippen LogP contribution in [0.5, 0.6) is 0 Å². The van der Waals surface area contributed by atoms with E-state index in [1.54, 1.807) is 0 Å². The smallest absolute Gasteiger partial charge is 0.0283 e. The molecular formula is C14H28. The maximum Gasteiger partial charge on any atom is -0.0283 e. The van der Waals surface area contributed by atoms with Crippen LogP contribution in [0.15, 0.2) is 23.3 Å². The number of allylic oxidation sites excluding steroid dienone is 4. The zero-order chi connectivity index (χ0) is 11.4. The van der Waals surface area contributed by atoms with Gasteiger partial charge in [-0.2, -0.15) is 0 Å². The van der Waals surface area contributed by atoms with Crippen LogP contribution in [-0.4, -0.2) is 0 Å². The van der Waals surface area contributed by atoms with Gasteiger partial charge in [0.15, 0.2) is 0 Å². The SMILES string of the molecule is CC.CC1=CC=C(C)CC1.CCCC. The average Bonchev–Trinajstić information content (AvgIpc) is 2.26. The van der Waals surface area contributed by atoms with Gasteiger partial charge in [0, 0.05) is 0 Å². The van der Waals surface area contributed by atoms with Crippen molar-refractivity contribution in [3.63, 3.8) is 0 Å². The van der Waals surface area contributed by atoms with E-state index in [-0.39, 0.29) is 0 Å². The molecule has 0 saturated carbocycles. The Balaban J connectivity index is 0. The van der Waals surface area contributed by atoms with Crippen LogP contribution in [0, 0.1) is 0 Å². The number of unbranched alkanes of at least 4 members (excludes halogenated alkanes) is 1. The molecule has 1 rings (SSSR count). The van der Waals surface area contributed by atoms with E-state index in [4.69, 9.17) is 0 Å². The summed E-state index contributed by atoms with van der Waals surface area (Å²) in [5, 5.41) is 0. The van der Waals surface area contributed by atoms with Gasteiger partial charge >= 0.3 is 0 Å². The average molecular weight is 196 g/mol. The monoisotopic (exact) mass is 196 g/mol.